The number of hydrogen-bond donors (Lipinski definition) is 0. The summed E-state index contributed by atoms with van der Waals surface area (Å²) in [6, 6.07) is 16.0. The van der Waals surface area contributed by atoms with Crippen molar-refractivity contribution < 1.29 is 13.5 Å². The maximum Gasteiger partial charge on any atom is 0.207 e. The van der Waals surface area contributed by atoms with Crippen molar-refractivity contribution in [2.24, 2.45) is 5.10 Å². The molecule has 5 rings (SSSR count). The molecule has 0 spiro atoms. The van der Waals surface area contributed by atoms with Crippen molar-refractivity contribution in [1.29, 1.82) is 0 Å². The first-order chi connectivity index (χ1) is 16.4. The van der Waals surface area contributed by atoms with Crippen LogP contribution in [0, 0.1) is 11.6 Å². The molecule has 1 aromatic heterocycles. The molecular weight excluding hydrogens is 499 g/mol. The van der Waals surface area contributed by atoms with E-state index in [9.17, 15) is 8.78 Å². The Balaban J connectivity index is 1.55. The smallest absolute Gasteiger partial charge is 0.207 e. The average Bonchev–Trinajstić information content (AvgIpc) is 3.47. The van der Waals surface area contributed by atoms with Crippen LogP contribution in [0.2, 0.25) is 10.0 Å². The lowest BCUT2D eigenvalue weighted by Gasteiger charge is -2.22. The predicted octanol–water partition coefficient (Wildman–Crippen LogP) is 7.76. The van der Waals surface area contributed by atoms with Crippen LogP contribution in [0.5, 0.6) is 5.75 Å². The van der Waals surface area contributed by atoms with E-state index in [2.05, 4.69) is 0 Å². The van der Waals surface area contributed by atoms with E-state index in [0.29, 0.717) is 38.6 Å². The van der Waals surface area contributed by atoms with E-state index < -0.39 is 5.82 Å². The topological polar surface area (TPSA) is 37.7 Å². The number of rotatable bonds is 5. The summed E-state index contributed by atoms with van der Waals surface area (Å²) in [6.07, 6.45) is 0.485. The largest absolute Gasteiger partial charge is 0.494 e. The number of hydrazone groups is 1. The van der Waals surface area contributed by atoms with Gasteiger partial charge in [0.1, 0.15) is 5.82 Å². The molecule has 0 saturated heterocycles. The first kappa shape index (κ1) is 22.8. The molecule has 1 atom stereocenters. The maximum absolute atomic E-state index is 14.4. The Hall–Kier alpha value is -3.00. The van der Waals surface area contributed by atoms with Crippen LogP contribution in [0.1, 0.15) is 23.6 Å². The van der Waals surface area contributed by atoms with Gasteiger partial charge >= 0.3 is 0 Å². The van der Waals surface area contributed by atoms with Crippen LogP contribution in [0.3, 0.4) is 0 Å². The lowest BCUT2D eigenvalue weighted by atomic mass is 9.98. The van der Waals surface area contributed by atoms with Gasteiger partial charge in [-0.2, -0.15) is 5.10 Å². The normalized spacial score (nSPS) is 15.5. The Morgan fingerprint density at radius 3 is 2.47 bits per heavy atom. The fraction of sp³-hybridized carbons (Fsp3) is 0.120. The second kappa shape index (κ2) is 9.33. The lowest BCUT2D eigenvalue weighted by molar-refractivity contribution is 0.386. The summed E-state index contributed by atoms with van der Waals surface area (Å²) in [6.45, 7) is 0. The summed E-state index contributed by atoms with van der Waals surface area (Å²) in [7, 11) is 1.42. The molecule has 0 saturated carbocycles. The fourth-order valence-corrected chi connectivity index (χ4v) is 5.21. The Labute approximate surface area is 209 Å². The molecule has 0 fully saturated rings. The molecule has 1 aliphatic rings. The van der Waals surface area contributed by atoms with Crippen molar-refractivity contribution in [2.45, 2.75) is 12.5 Å². The molecule has 0 unspecified atom stereocenters. The number of methoxy groups -OCH3 is 1. The van der Waals surface area contributed by atoms with Crippen molar-refractivity contribution in [1.82, 2.24) is 4.98 Å². The number of anilines is 1. The lowest BCUT2D eigenvalue weighted by Crippen LogP contribution is -2.18. The Morgan fingerprint density at radius 2 is 1.76 bits per heavy atom. The van der Waals surface area contributed by atoms with Gasteiger partial charge in [0.15, 0.2) is 11.6 Å². The van der Waals surface area contributed by atoms with E-state index in [0.717, 1.165) is 11.1 Å². The number of halogens is 4. The van der Waals surface area contributed by atoms with Gasteiger partial charge < -0.3 is 4.74 Å². The summed E-state index contributed by atoms with van der Waals surface area (Å²) in [5.74, 6) is -0.604. The Kier molecular flexibility index (Phi) is 6.25. The van der Waals surface area contributed by atoms with Gasteiger partial charge in [-0.05, 0) is 60.2 Å². The minimum Gasteiger partial charge on any atom is -0.494 e. The molecule has 34 heavy (non-hydrogen) atoms. The van der Waals surface area contributed by atoms with Gasteiger partial charge in [-0.25, -0.2) is 18.8 Å². The van der Waals surface area contributed by atoms with Gasteiger partial charge in [0, 0.05) is 33.0 Å². The van der Waals surface area contributed by atoms with Crippen molar-refractivity contribution in [2.75, 3.05) is 12.1 Å². The van der Waals surface area contributed by atoms with Crippen LogP contribution in [0.25, 0.3) is 11.3 Å². The molecule has 3 aromatic carbocycles. The van der Waals surface area contributed by atoms with Crippen molar-refractivity contribution in [3.05, 3.63) is 98.9 Å². The minimum atomic E-state index is -0.463. The van der Waals surface area contributed by atoms with Crippen LogP contribution in [-0.4, -0.2) is 17.8 Å². The summed E-state index contributed by atoms with van der Waals surface area (Å²) in [5.41, 5.74) is 3.67. The molecule has 4 nitrogen and oxygen atoms in total. The quantitative estimate of drug-likeness (QED) is 0.272. The number of thiazole rings is 1. The van der Waals surface area contributed by atoms with E-state index >= 15 is 0 Å². The minimum absolute atomic E-state index is 0.167. The molecule has 0 aliphatic carbocycles. The third kappa shape index (κ3) is 4.39. The fourth-order valence-electron chi connectivity index (χ4n) is 3.84. The van der Waals surface area contributed by atoms with E-state index in [1.165, 1.54) is 36.6 Å². The highest BCUT2D eigenvalue weighted by molar-refractivity contribution is 7.14. The zero-order valence-corrected chi connectivity index (χ0v) is 20.1. The number of ether oxygens (including phenoxy) is 1. The first-order valence-electron chi connectivity index (χ1n) is 10.3. The highest BCUT2D eigenvalue weighted by Crippen LogP contribution is 2.42. The van der Waals surface area contributed by atoms with Gasteiger partial charge in [0.05, 0.1) is 24.6 Å². The van der Waals surface area contributed by atoms with Gasteiger partial charge in [-0.1, -0.05) is 29.3 Å². The molecule has 4 aromatic rings. The monoisotopic (exact) mass is 515 g/mol. The zero-order chi connectivity index (χ0) is 23.8. The average molecular weight is 516 g/mol. The molecule has 0 bridgehead atoms. The highest BCUT2D eigenvalue weighted by atomic mass is 35.5. The van der Waals surface area contributed by atoms with Crippen molar-refractivity contribution in [3.63, 3.8) is 0 Å². The summed E-state index contributed by atoms with van der Waals surface area (Å²) in [4.78, 5) is 4.74. The molecule has 9 heteroatoms. The second-order valence-corrected chi connectivity index (χ2v) is 9.33. The van der Waals surface area contributed by atoms with E-state index in [4.69, 9.17) is 38.0 Å². The molecule has 2 heterocycles. The third-order valence-corrected chi connectivity index (χ3v) is 6.94. The van der Waals surface area contributed by atoms with E-state index in [1.54, 1.807) is 41.4 Å². The van der Waals surface area contributed by atoms with Crippen LogP contribution >= 0.6 is 34.5 Å². The molecular formula is C25H17Cl2F2N3OS. The Morgan fingerprint density at radius 1 is 1.00 bits per heavy atom. The first-order valence-corrected chi connectivity index (χ1v) is 11.9. The standard InChI is InChI=1S/C25H17Cl2F2N3OS/c1-33-24-9-4-15(10-20(24)29)21-12-23(18-8-5-16(26)11-19(18)27)32(31-21)25-30-22(13-34-25)14-2-6-17(28)7-3-14/h2-11,13,23H,12H2,1H3/t23-/m0/s1. The third-order valence-electron chi connectivity index (χ3n) is 5.54. The maximum atomic E-state index is 14.4. The van der Waals surface area contributed by atoms with Crippen LogP contribution in [0.4, 0.5) is 13.9 Å². The van der Waals surface area contributed by atoms with Gasteiger partial charge in [0.2, 0.25) is 5.13 Å². The summed E-state index contributed by atoms with van der Waals surface area (Å²) < 4.78 is 32.8. The number of aromatic nitrogens is 1. The van der Waals surface area contributed by atoms with Crippen molar-refractivity contribution in [3.8, 4) is 17.0 Å². The molecule has 1 aliphatic heterocycles. The number of hydrogen-bond acceptors (Lipinski definition) is 5. The summed E-state index contributed by atoms with van der Waals surface area (Å²) in [5, 5.41) is 10.2. The highest BCUT2D eigenvalue weighted by Gasteiger charge is 2.33. The molecule has 0 N–H and O–H groups in total. The van der Waals surface area contributed by atoms with Crippen LogP contribution < -0.4 is 9.75 Å². The predicted molar refractivity (Wildman–Crippen MR) is 133 cm³/mol. The Bertz CT molecular complexity index is 1390. The van der Waals surface area contributed by atoms with Gasteiger partial charge in [-0.15, -0.1) is 11.3 Å². The van der Waals surface area contributed by atoms with E-state index in [1.807, 2.05) is 11.4 Å². The van der Waals surface area contributed by atoms with Crippen molar-refractivity contribution >= 4 is 45.4 Å². The SMILES string of the molecule is COc1ccc(C2=NN(c3nc(-c4ccc(F)cc4)cs3)[C@H](c3ccc(Cl)cc3Cl)C2)cc1F. The zero-order valence-electron chi connectivity index (χ0n) is 17.8. The number of nitrogens with zero attached hydrogens (tertiary/aromatic N) is 3. The molecule has 172 valence electrons. The number of benzene rings is 3. The molecule has 0 amide bonds. The van der Waals surface area contributed by atoms with E-state index in [-0.39, 0.29) is 17.6 Å². The summed E-state index contributed by atoms with van der Waals surface area (Å²) >= 11 is 14.1. The molecule has 0 radical (unpaired) electrons. The van der Waals surface area contributed by atoms with Crippen LogP contribution in [0.15, 0.2) is 71.1 Å². The van der Waals surface area contributed by atoms with Gasteiger partial charge in [0.25, 0.3) is 0 Å². The van der Waals surface area contributed by atoms with Gasteiger partial charge in [-0.3, -0.25) is 0 Å². The second-order valence-electron chi connectivity index (χ2n) is 7.65. The van der Waals surface area contributed by atoms with Crippen LogP contribution in [-0.2, 0) is 0 Å².